The van der Waals surface area contributed by atoms with Gasteiger partial charge in [0.05, 0.1) is 5.69 Å². The van der Waals surface area contributed by atoms with Crippen LogP contribution in [0.15, 0.2) is 34.9 Å². The van der Waals surface area contributed by atoms with Crippen LogP contribution in [0.3, 0.4) is 0 Å². The van der Waals surface area contributed by atoms with Crippen LogP contribution in [-0.4, -0.2) is 5.16 Å². The molecule has 0 aliphatic rings. The topological polar surface area (TPSA) is 52.0 Å². The minimum absolute atomic E-state index is 0.474. The van der Waals surface area contributed by atoms with Crippen molar-refractivity contribution in [3.05, 3.63) is 47.2 Å². The van der Waals surface area contributed by atoms with E-state index < -0.39 is 0 Å². The first-order valence-corrected chi connectivity index (χ1v) is 6.08. The minimum atomic E-state index is 0.474. The lowest BCUT2D eigenvalue weighted by atomic mass is 10.0. The molecular formula is C14H18N2O. The first kappa shape index (κ1) is 11.7. The Balaban J connectivity index is 1.90. The first-order chi connectivity index (χ1) is 8.31. The highest BCUT2D eigenvalue weighted by atomic mass is 16.5. The molecule has 0 bridgehead atoms. The van der Waals surface area contributed by atoms with Crippen LogP contribution in [0.1, 0.15) is 30.2 Å². The van der Waals surface area contributed by atoms with Gasteiger partial charge in [0.15, 0.2) is 0 Å². The molecule has 3 nitrogen and oxygen atoms in total. The molecule has 0 aliphatic carbocycles. The SMILES string of the molecule is CCc1c(CCCc2ccccc2)noc1N. The van der Waals surface area contributed by atoms with Crippen LogP contribution in [0.25, 0.3) is 0 Å². The third kappa shape index (κ3) is 2.87. The van der Waals surface area contributed by atoms with E-state index in [4.69, 9.17) is 10.3 Å². The van der Waals surface area contributed by atoms with Gasteiger partial charge in [-0.25, -0.2) is 0 Å². The highest BCUT2D eigenvalue weighted by Crippen LogP contribution is 2.18. The molecule has 90 valence electrons. The van der Waals surface area contributed by atoms with Crippen LogP contribution in [0, 0.1) is 0 Å². The quantitative estimate of drug-likeness (QED) is 0.859. The third-order valence-corrected chi connectivity index (χ3v) is 2.98. The highest BCUT2D eigenvalue weighted by Gasteiger charge is 2.10. The summed E-state index contributed by atoms with van der Waals surface area (Å²) in [5.41, 5.74) is 9.15. The van der Waals surface area contributed by atoms with E-state index >= 15 is 0 Å². The van der Waals surface area contributed by atoms with Gasteiger partial charge in [-0.05, 0) is 31.2 Å². The van der Waals surface area contributed by atoms with Crippen molar-refractivity contribution in [2.75, 3.05) is 5.73 Å². The van der Waals surface area contributed by atoms with Gasteiger partial charge in [0, 0.05) is 5.56 Å². The maximum absolute atomic E-state index is 5.71. The zero-order valence-corrected chi connectivity index (χ0v) is 10.1. The molecule has 2 N–H and O–H groups in total. The van der Waals surface area contributed by atoms with E-state index in [2.05, 4.69) is 36.3 Å². The maximum atomic E-state index is 5.71. The lowest BCUT2D eigenvalue weighted by molar-refractivity contribution is 0.426. The number of hydrogen-bond donors (Lipinski definition) is 1. The molecule has 17 heavy (non-hydrogen) atoms. The zero-order valence-electron chi connectivity index (χ0n) is 10.1. The van der Waals surface area contributed by atoms with Crippen molar-refractivity contribution in [3.8, 4) is 0 Å². The van der Waals surface area contributed by atoms with Gasteiger partial charge in [-0.2, -0.15) is 0 Å². The van der Waals surface area contributed by atoms with Crippen LogP contribution in [0.4, 0.5) is 5.88 Å². The second-order valence-corrected chi connectivity index (χ2v) is 4.16. The van der Waals surface area contributed by atoms with E-state index in [1.54, 1.807) is 0 Å². The van der Waals surface area contributed by atoms with Crippen molar-refractivity contribution >= 4 is 5.88 Å². The van der Waals surface area contributed by atoms with Crippen LogP contribution in [-0.2, 0) is 19.3 Å². The Kier molecular flexibility index (Phi) is 3.81. The number of aryl methyl sites for hydroxylation is 2. The van der Waals surface area contributed by atoms with Crippen molar-refractivity contribution in [2.24, 2.45) is 0 Å². The predicted octanol–water partition coefficient (Wildman–Crippen LogP) is 2.99. The monoisotopic (exact) mass is 230 g/mol. The average Bonchev–Trinajstić information content (AvgIpc) is 2.71. The van der Waals surface area contributed by atoms with Gasteiger partial charge < -0.3 is 10.3 Å². The van der Waals surface area contributed by atoms with Gasteiger partial charge >= 0.3 is 0 Å². The molecule has 0 spiro atoms. The summed E-state index contributed by atoms with van der Waals surface area (Å²) < 4.78 is 5.02. The normalized spacial score (nSPS) is 10.6. The smallest absolute Gasteiger partial charge is 0.225 e. The Morgan fingerprint density at radius 2 is 1.94 bits per heavy atom. The number of anilines is 1. The predicted molar refractivity (Wildman–Crippen MR) is 68.8 cm³/mol. The van der Waals surface area contributed by atoms with Gasteiger partial charge in [-0.1, -0.05) is 42.4 Å². The summed E-state index contributed by atoms with van der Waals surface area (Å²) in [7, 11) is 0. The molecular weight excluding hydrogens is 212 g/mol. The molecule has 0 saturated heterocycles. The third-order valence-electron chi connectivity index (χ3n) is 2.98. The van der Waals surface area contributed by atoms with Crippen molar-refractivity contribution < 1.29 is 4.52 Å². The lowest BCUT2D eigenvalue weighted by Crippen LogP contribution is -1.95. The first-order valence-electron chi connectivity index (χ1n) is 6.08. The Morgan fingerprint density at radius 3 is 2.65 bits per heavy atom. The van der Waals surface area contributed by atoms with Crippen LogP contribution in [0.5, 0.6) is 0 Å². The second-order valence-electron chi connectivity index (χ2n) is 4.16. The molecule has 0 fully saturated rings. The van der Waals surface area contributed by atoms with Gasteiger partial charge in [0.2, 0.25) is 5.88 Å². The maximum Gasteiger partial charge on any atom is 0.225 e. The van der Waals surface area contributed by atoms with Crippen molar-refractivity contribution in [2.45, 2.75) is 32.6 Å². The summed E-state index contributed by atoms with van der Waals surface area (Å²) >= 11 is 0. The number of nitrogens with two attached hydrogens (primary N) is 1. The average molecular weight is 230 g/mol. The van der Waals surface area contributed by atoms with Gasteiger partial charge in [0.1, 0.15) is 0 Å². The van der Waals surface area contributed by atoms with E-state index in [0.29, 0.717) is 5.88 Å². The molecule has 0 unspecified atom stereocenters. The summed E-state index contributed by atoms with van der Waals surface area (Å²) in [6, 6.07) is 10.5. The van der Waals surface area contributed by atoms with E-state index in [-0.39, 0.29) is 0 Å². The fourth-order valence-electron chi connectivity index (χ4n) is 2.04. The Bertz CT molecular complexity index is 462. The molecule has 3 heteroatoms. The Morgan fingerprint density at radius 1 is 1.18 bits per heavy atom. The number of nitrogen functional groups attached to an aromatic ring is 1. The van der Waals surface area contributed by atoms with Crippen molar-refractivity contribution in [1.29, 1.82) is 0 Å². The van der Waals surface area contributed by atoms with E-state index in [9.17, 15) is 0 Å². The molecule has 1 heterocycles. The number of rotatable bonds is 5. The summed E-state index contributed by atoms with van der Waals surface area (Å²) in [6.07, 6.45) is 3.95. The molecule has 2 aromatic rings. The van der Waals surface area contributed by atoms with Crippen molar-refractivity contribution in [1.82, 2.24) is 5.16 Å². The van der Waals surface area contributed by atoms with E-state index in [0.717, 1.165) is 36.9 Å². The van der Waals surface area contributed by atoms with E-state index in [1.807, 2.05) is 6.07 Å². The van der Waals surface area contributed by atoms with Crippen LogP contribution < -0.4 is 5.73 Å². The number of benzene rings is 1. The second kappa shape index (κ2) is 5.53. The molecule has 0 aliphatic heterocycles. The molecule has 0 amide bonds. The van der Waals surface area contributed by atoms with Crippen LogP contribution >= 0.6 is 0 Å². The summed E-state index contributed by atoms with van der Waals surface area (Å²) in [5.74, 6) is 0.474. The Hall–Kier alpha value is -1.77. The number of aromatic nitrogens is 1. The molecule has 1 aromatic carbocycles. The van der Waals surface area contributed by atoms with Gasteiger partial charge in [-0.3, -0.25) is 0 Å². The zero-order chi connectivity index (χ0) is 12.1. The number of nitrogens with zero attached hydrogens (tertiary/aromatic N) is 1. The van der Waals surface area contributed by atoms with Crippen molar-refractivity contribution in [3.63, 3.8) is 0 Å². The van der Waals surface area contributed by atoms with E-state index in [1.165, 1.54) is 5.56 Å². The summed E-state index contributed by atoms with van der Waals surface area (Å²) in [6.45, 7) is 2.07. The fourth-order valence-corrected chi connectivity index (χ4v) is 2.04. The number of hydrogen-bond acceptors (Lipinski definition) is 3. The van der Waals surface area contributed by atoms with Gasteiger partial charge in [-0.15, -0.1) is 0 Å². The summed E-state index contributed by atoms with van der Waals surface area (Å²) in [4.78, 5) is 0. The lowest BCUT2D eigenvalue weighted by Gasteiger charge is -2.00. The van der Waals surface area contributed by atoms with Gasteiger partial charge in [0.25, 0.3) is 0 Å². The molecule has 0 radical (unpaired) electrons. The highest BCUT2D eigenvalue weighted by molar-refractivity contribution is 5.38. The molecule has 2 rings (SSSR count). The molecule has 0 saturated carbocycles. The fraction of sp³-hybridized carbons (Fsp3) is 0.357. The largest absolute Gasteiger partial charge is 0.367 e. The Labute approximate surface area is 102 Å². The molecule has 1 aromatic heterocycles. The summed E-state index contributed by atoms with van der Waals surface area (Å²) in [5, 5.41) is 4.02. The minimum Gasteiger partial charge on any atom is -0.367 e. The molecule has 0 atom stereocenters. The standard InChI is InChI=1S/C14H18N2O/c1-2-12-13(16-17-14(12)15)10-6-9-11-7-4-3-5-8-11/h3-5,7-8H,2,6,9-10,15H2,1H3. The van der Waals surface area contributed by atoms with Crippen LogP contribution in [0.2, 0.25) is 0 Å².